The Morgan fingerprint density at radius 3 is 2.41 bits per heavy atom. The number of fused-ring (bicyclic) bond motifs is 1. The predicted molar refractivity (Wildman–Crippen MR) is 106 cm³/mol. The molecular formula is C21H33N3O3. The SMILES string of the molecule is CCN1CCN(CC(=O)NC(c2ccc3c(c2)OCCCO3)C(C)C)CC1. The van der Waals surface area contributed by atoms with Gasteiger partial charge in [-0.15, -0.1) is 0 Å². The minimum Gasteiger partial charge on any atom is -0.490 e. The van der Waals surface area contributed by atoms with Gasteiger partial charge in [0.1, 0.15) is 0 Å². The summed E-state index contributed by atoms with van der Waals surface area (Å²) in [6.45, 7) is 13.3. The van der Waals surface area contributed by atoms with Crippen LogP contribution in [0.4, 0.5) is 0 Å². The topological polar surface area (TPSA) is 54.0 Å². The molecule has 1 fully saturated rings. The van der Waals surface area contributed by atoms with Gasteiger partial charge in [-0.25, -0.2) is 0 Å². The molecule has 0 aromatic heterocycles. The number of carbonyl (C=O) groups excluding carboxylic acids is 1. The molecule has 150 valence electrons. The van der Waals surface area contributed by atoms with Crippen molar-refractivity contribution in [1.29, 1.82) is 0 Å². The molecule has 0 bridgehead atoms. The normalized spacial score (nSPS) is 19.6. The summed E-state index contributed by atoms with van der Waals surface area (Å²) in [5.41, 5.74) is 1.07. The maximum atomic E-state index is 12.7. The first-order chi connectivity index (χ1) is 13.1. The zero-order chi connectivity index (χ0) is 19.2. The number of hydrogen-bond acceptors (Lipinski definition) is 5. The third kappa shape index (κ3) is 5.36. The van der Waals surface area contributed by atoms with Crippen molar-refractivity contribution in [3.8, 4) is 11.5 Å². The smallest absolute Gasteiger partial charge is 0.234 e. The average Bonchev–Trinajstić information content (AvgIpc) is 2.91. The van der Waals surface area contributed by atoms with Gasteiger partial charge in [0.2, 0.25) is 5.91 Å². The van der Waals surface area contributed by atoms with Gasteiger partial charge in [-0.05, 0) is 30.2 Å². The summed E-state index contributed by atoms with van der Waals surface area (Å²) < 4.78 is 11.5. The highest BCUT2D eigenvalue weighted by molar-refractivity contribution is 5.78. The molecule has 0 saturated carbocycles. The minimum absolute atomic E-state index is 0.0356. The van der Waals surface area contributed by atoms with Crippen molar-refractivity contribution in [3.63, 3.8) is 0 Å². The Hall–Kier alpha value is -1.79. The Labute approximate surface area is 162 Å². The number of hydrogen-bond donors (Lipinski definition) is 1. The molecule has 27 heavy (non-hydrogen) atoms. The van der Waals surface area contributed by atoms with Crippen LogP contribution in [0.1, 0.15) is 38.8 Å². The van der Waals surface area contributed by atoms with Gasteiger partial charge in [-0.2, -0.15) is 0 Å². The molecule has 2 heterocycles. The van der Waals surface area contributed by atoms with E-state index in [1.807, 2.05) is 18.2 Å². The van der Waals surface area contributed by atoms with Crippen LogP contribution in [0.5, 0.6) is 11.5 Å². The van der Waals surface area contributed by atoms with Crippen LogP contribution in [0, 0.1) is 5.92 Å². The minimum atomic E-state index is -0.0356. The molecule has 1 saturated heterocycles. The summed E-state index contributed by atoms with van der Waals surface area (Å²) in [6, 6.07) is 5.98. The maximum absolute atomic E-state index is 12.7. The number of piperazine rings is 1. The average molecular weight is 376 g/mol. The van der Waals surface area contributed by atoms with Crippen molar-refractivity contribution in [2.45, 2.75) is 33.2 Å². The number of nitrogens with one attached hydrogen (secondary N) is 1. The number of nitrogens with zero attached hydrogens (tertiary/aromatic N) is 2. The van der Waals surface area contributed by atoms with Gasteiger partial charge in [0.15, 0.2) is 11.5 Å². The lowest BCUT2D eigenvalue weighted by atomic mass is 9.95. The van der Waals surface area contributed by atoms with E-state index >= 15 is 0 Å². The summed E-state index contributed by atoms with van der Waals surface area (Å²) >= 11 is 0. The van der Waals surface area contributed by atoms with Crippen LogP contribution in [0.15, 0.2) is 18.2 Å². The molecule has 0 spiro atoms. The van der Waals surface area contributed by atoms with Crippen molar-refractivity contribution in [3.05, 3.63) is 23.8 Å². The van der Waals surface area contributed by atoms with E-state index in [1.165, 1.54) is 0 Å². The van der Waals surface area contributed by atoms with Crippen LogP contribution in [0.3, 0.4) is 0 Å². The van der Waals surface area contributed by atoms with Crippen LogP contribution in [-0.2, 0) is 4.79 Å². The maximum Gasteiger partial charge on any atom is 0.234 e. The highest BCUT2D eigenvalue weighted by atomic mass is 16.5. The summed E-state index contributed by atoms with van der Waals surface area (Å²) in [7, 11) is 0. The molecule has 1 amide bonds. The van der Waals surface area contributed by atoms with Crippen LogP contribution < -0.4 is 14.8 Å². The summed E-state index contributed by atoms with van der Waals surface area (Å²) in [6.07, 6.45) is 0.889. The third-order valence-electron chi connectivity index (χ3n) is 5.39. The second kappa shape index (κ2) is 9.42. The van der Waals surface area contributed by atoms with E-state index in [0.29, 0.717) is 19.8 Å². The quantitative estimate of drug-likeness (QED) is 0.827. The fourth-order valence-corrected chi connectivity index (χ4v) is 3.69. The summed E-state index contributed by atoms with van der Waals surface area (Å²) in [5.74, 6) is 1.95. The molecule has 0 aliphatic carbocycles. The van der Waals surface area contributed by atoms with Crippen molar-refractivity contribution >= 4 is 5.91 Å². The first kappa shape index (κ1) is 20.0. The van der Waals surface area contributed by atoms with Crippen molar-refractivity contribution in [1.82, 2.24) is 15.1 Å². The lowest BCUT2D eigenvalue weighted by Gasteiger charge is -2.34. The fraction of sp³-hybridized carbons (Fsp3) is 0.667. The molecule has 1 aromatic carbocycles. The number of rotatable bonds is 6. The molecular weight excluding hydrogens is 342 g/mol. The second-order valence-corrected chi connectivity index (χ2v) is 7.76. The van der Waals surface area contributed by atoms with Crippen molar-refractivity contribution < 1.29 is 14.3 Å². The van der Waals surface area contributed by atoms with E-state index < -0.39 is 0 Å². The Bertz CT molecular complexity index is 627. The van der Waals surface area contributed by atoms with Crippen LogP contribution in [0.25, 0.3) is 0 Å². The van der Waals surface area contributed by atoms with E-state index in [1.54, 1.807) is 0 Å². The van der Waals surface area contributed by atoms with Crippen molar-refractivity contribution in [2.75, 3.05) is 52.5 Å². The Morgan fingerprint density at radius 2 is 1.74 bits per heavy atom. The molecule has 1 aromatic rings. The van der Waals surface area contributed by atoms with Crippen molar-refractivity contribution in [2.24, 2.45) is 5.92 Å². The lowest BCUT2D eigenvalue weighted by Crippen LogP contribution is -2.49. The Balaban J connectivity index is 1.62. The molecule has 2 aliphatic heterocycles. The van der Waals surface area contributed by atoms with E-state index in [9.17, 15) is 4.79 Å². The second-order valence-electron chi connectivity index (χ2n) is 7.76. The zero-order valence-corrected chi connectivity index (χ0v) is 16.9. The Morgan fingerprint density at radius 1 is 1.07 bits per heavy atom. The van der Waals surface area contributed by atoms with E-state index in [0.717, 1.165) is 56.2 Å². The first-order valence-corrected chi connectivity index (χ1v) is 10.2. The van der Waals surface area contributed by atoms with Gasteiger partial charge in [0.25, 0.3) is 0 Å². The Kier molecular flexibility index (Phi) is 6.96. The molecule has 0 radical (unpaired) electrons. The number of carbonyl (C=O) groups is 1. The van der Waals surface area contributed by atoms with Crippen LogP contribution in [-0.4, -0.2) is 68.2 Å². The van der Waals surface area contributed by atoms with Gasteiger partial charge < -0.3 is 19.7 Å². The van der Waals surface area contributed by atoms with Gasteiger partial charge in [0, 0.05) is 32.6 Å². The highest BCUT2D eigenvalue weighted by Crippen LogP contribution is 2.34. The molecule has 6 nitrogen and oxygen atoms in total. The van der Waals surface area contributed by atoms with E-state index in [4.69, 9.17) is 9.47 Å². The number of benzene rings is 1. The standard InChI is InChI=1S/C21H33N3O3/c1-4-23-8-10-24(11-9-23)15-20(25)22-21(16(2)3)17-6-7-18-19(14-17)27-13-5-12-26-18/h6-7,14,16,21H,4-5,8-13,15H2,1-3H3,(H,22,25). The van der Waals surface area contributed by atoms with E-state index in [-0.39, 0.29) is 17.9 Å². The van der Waals surface area contributed by atoms with Gasteiger partial charge in [-0.3, -0.25) is 9.69 Å². The first-order valence-electron chi connectivity index (χ1n) is 10.2. The molecule has 1 unspecified atom stereocenters. The molecule has 6 heteroatoms. The highest BCUT2D eigenvalue weighted by Gasteiger charge is 2.23. The van der Waals surface area contributed by atoms with Gasteiger partial charge in [0.05, 0.1) is 25.8 Å². The fourth-order valence-electron chi connectivity index (χ4n) is 3.69. The summed E-state index contributed by atoms with van der Waals surface area (Å²) in [5, 5.41) is 3.24. The van der Waals surface area contributed by atoms with Gasteiger partial charge >= 0.3 is 0 Å². The number of likely N-dealkylation sites (N-methyl/N-ethyl adjacent to an activating group) is 1. The molecule has 1 atom stereocenters. The molecule has 1 N–H and O–H groups in total. The largest absolute Gasteiger partial charge is 0.490 e. The van der Waals surface area contributed by atoms with Crippen LogP contribution >= 0.6 is 0 Å². The number of ether oxygens (including phenoxy) is 2. The summed E-state index contributed by atoms with van der Waals surface area (Å²) in [4.78, 5) is 17.3. The number of amides is 1. The third-order valence-corrected chi connectivity index (χ3v) is 5.39. The zero-order valence-electron chi connectivity index (χ0n) is 16.9. The lowest BCUT2D eigenvalue weighted by molar-refractivity contribution is -0.123. The van der Waals surface area contributed by atoms with E-state index in [2.05, 4.69) is 35.9 Å². The molecule has 3 rings (SSSR count). The predicted octanol–water partition coefficient (Wildman–Crippen LogP) is 2.30. The monoisotopic (exact) mass is 375 g/mol. The van der Waals surface area contributed by atoms with Gasteiger partial charge in [-0.1, -0.05) is 26.8 Å². The van der Waals surface area contributed by atoms with Crippen LogP contribution in [0.2, 0.25) is 0 Å². The molecule has 2 aliphatic rings.